The van der Waals surface area contributed by atoms with Gasteiger partial charge in [-0.2, -0.15) is 0 Å². The number of halogens is 1. The maximum absolute atomic E-state index is 13.6. The van der Waals surface area contributed by atoms with Crippen LogP contribution >= 0.6 is 0 Å². The predicted octanol–water partition coefficient (Wildman–Crippen LogP) is 2.04. The molecule has 2 nitrogen and oxygen atoms in total. The molecule has 0 aromatic heterocycles. The highest BCUT2D eigenvalue weighted by molar-refractivity contribution is 5.43. The molecule has 1 fully saturated rings. The summed E-state index contributed by atoms with van der Waals surface area (Å²) >= 11 is 0. The molecule has 0 radical (unpaired) electrons. The number of ether oxygens (including phenoxy) is 1. The first kappa shape index (κ1) is 9.46. The maximum Gasteiger partial charge on any atom is 0.131 e. The third-order valence-electron chi connectivity index (χ3n) is 2.90. The van der Waals surface area contributed by atoms with Crippen LogP contribution in [0.5, 0.6) is 5.75 Å². The average molecular weight is 195 g/mol. The van der Waals surface area contributed by atoms with Gasteiger partial charge in [0.1, 0.15) is 11.6 Å². The van der Waals surface area contributed by atoms with E-state index in [4.69, 9.17) is 4.74 Å². The number of hydrogen-bond donors (Lipinski definition) is 1. The molecule has 1 aromatic rings. The van der Waals surface area contributed by atoms with Crippen molar-refractivity contribution in [3.63, 3.8) is 0 Å². The fraction of sp³-hybridized carbons (Fsp3) is 0.455. The van der Waals surface area contributed by atoms with Crippen molar-refractivity contribution in [2.75, 3.05) is 14.2 Å². The molecule has 0 aliphatic heterocycles. The number of hydrogen-bond acceptors (Lipinski definition) is 2. The molecule has 0 amide bonds. The van der Waals surface area contributed by atoms with Gasteiger partial charge in [-0.25, -0.2) is 4.39 Å². The summed E-state index contributed by atoms with van der Waals surface area (Å²) in [5, 5.41) is 3.16. The van der Waals surface area contributed by atoms with Crippen LogP contribution in [0.2, 0.25) is 0 Å². The molecular weight excluding hydrogens is 181 g/mol. The zero-order valence-electron chi connectivity index (χ0n) is 8.43. The van der Waals surface area contributed by atoms with Gasteiger partial charge in [-0.15, -0.1) is 0 Å². The van der Waals surface area contributed by atoms with Crippen LogP contribution in [0.3, 0.4) is 0 Å². The summed E-state index contributed by atoms with van der Waals surface area (Å²) in [6, 6.07) is 4.95. The number of methoxy groups -OCH3 is 1. The normalized spacial score (nSPS) is 17.9. The molecule has 1 saturated carbocycles. The Morgan fingerprint density at radius 3 is 2.64 bits per heavy atom. The second kappa shape index (κ2) is 3.24. The lowest BCUT2D eigenvalue weighted by molar-refractivity contribution is 0.390. The molecule has 0 heterocycles. The molecule has 0 bridgehead atoms. The van der Waals surface area contributed by atoms with Crippen molar-refractivity contribution in [3.8, 4) is 5.75 Å². The second-order valence-electron chi connectivity index (χ2n) is 3.65. The summed E-state index contributed by atoms with van der Waals surface area (Å²) in [6.07, 6.45) is 1.95. The van der Waals surface area contributed by atoms with E-state index in [-0.39, 0.29) is 11.4 Å². The Morgan fingerprint density at radius 1 is 1.43 bits per heavy atom. The molecule has 1 aliphatic rings. The topological polar surface area (TPSA) is 21.3 Å². The lowest BCUT2D eigenvalue weighted by Crippen LogP contribution is -2.26. The van der Waals surface area contributed by atoms with Crippen molar-refractivity contribution in [1.82, 2.24) is 5.32 Å². The van der Waals surface area contributed by atoms with Crippen molar-refractivity contribution >= 4 is 0 Å². The number of rotatable bonds is 3. The molecular formula is C11H14FNO. The predicted molar refractivity (Wildman–Crippen MR) is 52.9 cm³/mol. The van der Waals surface area contributed by atoms with E-state index < -0.39 is 0 Å². The van der Waals surface area contributed by atoms with Crippen LogP contribution in [0.4, 0.5) is 4.39 Å². The Labute approximate surface area is 83.1 Å². The van der Waals surface area contributed by atoms with Crippen LogP contribution in [0.25, 0.3) is 0 Å². The van der Waals surface area contributed by atoms with Gasteiger partial charge in [-0.05, 0) is 32.0 Å². The van der Waals surface area contributed by atoms with Crippen molar-refractivity contribution in [2.45, 2.75) is 18.4 Å². The number of benzene rings is 1. The van der Waals surface area contributed by atoms with Crippen LogP contribution in [0.15, 0.2) is 18.2 Å². The lowest BCUT2D eigenvalue weighted by Gasteiger charge is -2.18. The molecule has 76 valence electrons. The van der Waals surface area contributed by atoms with E-state index in [0.29, 0.717) is 11.3 Å². The molecule has 2 rings (SSSR count). The van der Waals surface area contributed by atoms with Crippen molar-refractivity contribution in [1.29, 1.82) is 0 Å². The van der Waals surface area contributed by atoms with Gasteiger partial charge < -0.3 is 10.1 Å². The fourth-order valence-corrected chi connectivity index (χ4v) is 1.89. The SMILES string of the molecule is CNC1(c2c(F)cccc2OC)CC1. The first-order chi connectivity index (χ1) is 6.73. The Kier molecular flexibility index (Phi) is 2.19. The minimum Gasteiger partial charge on any atom is -0.496 e. The summed E-state index contributed by atoms with van der Waals surface area (Å²) < 4.78 is 18.8. The average Bonchev–Trinajstić information content (AvgIpc) is 2.98. The Bertz CT molecular complexity index is 347. The summed E-state index contributed by atoms with van der Waals surface area (Å²) in [5.74, 6) is 0.452. The van der Waals surface area contributed by atoms with Gasteiger partial charge in [0.2, 0.25) is 0 Å². The van der Waals surface area contributed by atoms with Crippen LogP contribution in [-0.4, -0.2) is 14.2 Å². The maximum atomic E-state index is 13.6. The Hall–Kier alpha value is -1.09. The zero-order chi connectivity index (χ0) is 10.2. The summed E-state index contributed by atoms with van der Waals surface area (Å²) in [7, 11) is 3.43. The van der Waals surface area contributed by atoms with Crippen LogP contribution in [0, 0.1) is 5.82 Å². The lowest BCUT2D eigenvalue weighted by atomic mass is 10.0. The first-order valence-electron chi connectivity index (χ1n) is 4.75. The monoisotopic (exact) mass is 195 g/mol. The summed E-state index contributed by atoms with van der Waals surface area (Å²) in [6.45, 7) is 0. The van der Waals surface area contributed by atoms with Crippen molar-refractivity contribution < 1.29 is 9.13 Å². The molecule has 0 unspecified atom stereocenters. The third kappa shape index (κ3) is 1.28. The third-order valence-corrected chi connectivity index (χ3v) is 2.90. The molecule has 1 aliphatic carbocycles. The van der Waals surface area contributed by atoms with Crippen LogP contribution in [-0.2, 0) is 5.54 Å². The molecule has 0 spiro atoms. The highest BCUT2D eigenvalue weighted by Crippen LogP contribution is 2.49. The molecule has 14 heavy (non-hydrogen) atoms. The standard InChI is InChI=1S/C11H14FNO/c1-13-11(6-7-11)10-8(12)4-3-5-9(10)14-2/h3-5,13H,6-7H2,1-2H3. The van der Waals surface area contributed by atoms with E-state index in [1.54, 1.807) is 19.2 Å². The largest absolute Gasteiger partial charge is 0.496 e. The summed E-state index contributed by atoms with van der Waals surface area (Å²) in [4.78, 5) is 0. The van der Waals surface area contributed by atoms with E-state index in [9.17, 15) is 4.39 Å². The second-order valence-corrected chi connectivity index (χ2v) is 3.65. The summed E-state index contributed by atoms with van der Waals surface area (Å²) in [5.41, 5.74) is 0.487. The van der Waals surface area contributed by atoms with Gasteiger partial charge in [0.05, 0.1) is 7.11 Å². The van der Waals surface area contributed by atoms with Crippen molar-refractivity contribution in [2.24, 2.45) is 0 Å². The van der Waals surface area contributed by atoms with E-state index >= 15 is 0 Å². The Morgan fingerprint density at radius 2 is 2.14 bits per heavy atom. The van der Waals surface area contributed by atoms with Gasteiger partial charge in [-0.3, -0.25) is 0 Å². The zero-order valence-corrected chi connectivity index (χ0v) is 8.43. The van der Waals surface area contributed by atoms with Gasteiger partial charge >= 0.3 is 0 Å². The minimum absolute atomic E-state index is 0.184. The molecule has 1 aromatic carbocycles. The highest BCUT2D eigenvalue weighted by Gasteiger charge is 2.46. The van der Waals surface area contributed by atoms with E-state index in [0.717, 1.165) is 12.8 Å². The number of nitrogens with one attached hydrogen (secondary N) is 1. The van der Waals surface area contributed by atoms with E-state index in [1.807, 2.05) is 7.05 Å². The molecule has 0 saturated heterocycles. The minimum atomic E-state index is -0.184. The van der Waals surface area contributed by atoms with E-state index in [1.165, 1.54) is 6.07 Å². The van der Waals surface area contributed by atoms with Crippen molar-refractivity contribution in [3.05, 3.63) is 29.6 Å². The van der Waals surface area contributed by atoms with Crippen LogP contribution in [0.1, 0.15) is 18.4 Å². The van der Waals surface area contributed by atoms with E-state index in [2.05, 4.69) is 5.32 Å². The highest BCUT2D eigenvalue weighted by atomic mass is 19.1. The van der Waals surface area contributed by atoms with Crippen LogP contribution < -0.4 is 10.1 Å². The van der Waals surface area contributed by atoms with Gasteiger partial charge in [0, 0.05) is 11.1 Å². The molecule has 3 heteroatoms. The quantitative estimate of drug-likeness (QED) is 0.797. The fourth-order valence-electron chi connectivity index (χ4n) is 1.89. The molecule has 0 atom stereocenters. The smallest absolute Gasteiger partial charge is 0.131 e. The van der Waals surface area contributed by atoms with Gasteiger partial charge in [-0.1, -0.05) is 6.07 Å². The first-order valence-corrected chi connectivity index (χ1v) is 4.75. The molecule has 1 N–H and O–H groups in total. The Balaban J connectivity index is 2.50. The van der Waals surface area contributed by atoms with Gasteiger partial charge in [0.15, 0.2) is 0 Å². The van der Waals surface area contributed by atoms with Gasteiger partial charge in [0.25, 0.3) is 0 Å².